The number of aliphatic hydroxyl groups excluding tert-OH is 5. The van der Waals surface area contributed by atoms with Crippen LogP contribution in [0, 0.1) is 5.92 Å². The van der Waals surface area contributed by atoms with Crippen LogP contribution in [0.4, 0.5) is 0 Å². The van der Waals surface area contributed by atoms with Crippen LogP contribution >= 0.6 is 0 Å². The van der Waals surface area contributed by atoms with E-state index >= 15 is 0 Å². The standard InChI is InChI=1S/C11H16O7/c12-4-8(10(17)9(16)5-13)11(18)2-6(14)1-7(15)3-11/h1-2,4,8-10,13-18H,3,5H2/t8-,9+,10-,11?/m0/s1/i4D. The Labute approximate surface area is 104 Å². The average molecular weight is 261 g/mol. The predicted octanol–water partition coefficient (Wildman–Crippen LogP) is -1.47. The lowest BCUT2D eigenvalue weighted by Crippen LogP contribution is -2.50. The molecule has 0 aromatic heterocycles. The molecule has 1 aliphatic rings. The van der Waals surface area contributed by atoms with E-state index in [9.17, 15) is 30.3 Å². The van der Waals surface area contributed by atoms with Gasteiger partial charge in [0.15, 0.2) is 0 Å². The topological polar surface area (TPSA) is 138 Å². The second-order valence-electron chi connectivity index (χ2n) is 4.21. The van der Waals surface area contributed by atoms with Gasteiger partial charge in [0, 0.05) is 12.5 Å². The molecular weight excluding hydrogens is 244 g/mol. The van der Waals surface area contributed by atoms with Crippen LogP contribution in [0.3, 0.4) is 0 Å². The maximum Gasteiger partial charge on any atom is 0.129 e. The molecule has 18 heavy (non-hydrogen) atoms. The van der Waals surface area contributed by atoms with Crippen molar-refractivity contribution in [3.63, 3.8) is 0 Å². The summed E-state index contributed by atoms with van der Waals surface area (Å²) in [5, 5.41) is 56.7. The fraction of sp³-hybridized carbons (Fsp3) is 0.545. The summed E-state index contributed by atoms with van der Waals surface area (Å²) < 4.78 is 7.06. The lowest BCUT2D eigenvalue weighted by molar-refractivity contribution is -0.135. The van der Waals surface area contributed by atoms with Gasteiger partial charge in [-0.2, -0.15) is 0 Å². The number of carbonyl (C=O) groups is 1. The minimum atomic E-state index is -2.22. The highest BCUT2D eigenvalue weighted by molar-refractivity contribution is 5.59. The van der Waals surface area contributed by atoms with E-state index in [4.69, 9.17) is 6.48 Å². The van der Waals surface area contributed by atoms with E-state index in [-0.39, 0.29) is 0 Å². The van der Waals surface area contributed by atoms with Gasteiger partial charge in [-0.25, -0.2) is 0 Å². The van der Waals surface area contributed by atoms with E-state index in [2.05, 4.69) is 0 Å². The molecule has 0 aromatic rings. The fourth-order valence-corrected chi connectivity index (χ4v) is 1.86. The Bertz CT molecular complexity index is 419. The molecule has 1 rings (SSSR count). The highest BCUT2D eigenvalue weighted by Gasteiger charge is 2.44. The zero-order valence-electron chi connectivity index (χ0n) is 10.4. The van der Waals surface area contributed by atoms with Crippen LogP contribution in [0.1, 0.15) is 7.79 Å². The largest absolute Gasteiger partial charge is 0.512 e. The van der Waals surface area contributed by atoms with Crippen LogP contribution in [-0.4, -0.2) is 61.3 Å². The molecule has 0 saturated carbocycles. The Kier molecular flexibility index (Phi) is 3.97. The monoisotopic (exact) mass is 261 g/mol. The fourth-order valence-electron chi connectivity index (χ4n) is 1.86. The van der Waals surface area contributed by atoms with Crippen molar-refractivity contribution >= 4 is 6.26 Å². The molecule has 0 spiro atoms. The zero-order chi connectivity index (χ0) is 14.8. The van der Waals surface area contributed by atoms with Gasteiger partial charge >= 0.3 is 0 Å². The first kappa shape index (κ1) is 13.0. The van der Waals surface area contributed by atoms with Gasteiger partial charge in [-0.15, -0.1) is 0 Å². The highest BCUT2D eigenvalue weighted by Crippen LogP contribution is 2.33. The second kappa shape index (κ2) is 5.49. The Morgan fingerprint density at radius 1 is 1.50 bits per heavy atom. The third-order valence-electron chi connectivity index (χ3n) is 2.76. The number of hydrogen-bond donors (Lipinski definition) is 6. The minimum Gasteiger partial charge on any atom is -0.512 e. The van der Waals surface area contributed by atoms with Crippen molar-refractivity contribution in [1.29, 1.82) is 0 Å². The maximum atomic E-state index is 11.3. The molecule has 0 bridgehead atoms. The molecule has 0 saturated heterocycles. The molecule has 102 valence electrons. The van der Waals surface area contributed by atoms with Crippen LogP contribution < -0.4 is 0 Å². The normalized spacial score (nSPS) is 29.7. The maximum absolute atomic E-state index is 11.3. The van der Waals surface area contributed by atoms with Crippen LogP contribution in [0.2, 0.25) is 0 Å². The predicted molar refractivity (Wildman–Crippen MR) is 59.6 cm³/mol. The number of aliphatic hydroxyl groups is 6. The molecule has 0 radical (unpaired) electrons. The molecule has 1 aliphatic carbocycles. The molecule has 0 fully saturated rings. The van der Waals surface area contributed by atoms with Gasteiger partial charge in [0.1, 0.15) is 25.1 Å². The summed E-state index contributed by atoms with van der Waals surface area (Å²) in [5.74, 6) is -2.81. The van der Waals surface area contributed by atoms with Gasteiger partial charge in [0.05, 0.1) is 24.4 Å². The summed E-state index contributed by atoms with van der Waals surface area (Å²) in [6.07, 6.45) is -3.84. The number of rotatable bonds is 5. The molecule has 4 atom stereocenters. The summed E-state index contributed by atoms with van der Waals surface area (Å²) in [6.45, 7) is -0.876. The smallest absolute Gasteiger partial charge is 0.129 e. The van der Waals surface area contributed by atoms with Crippen molar-refractivity contribution in [2.45, 2.75) is 24.2 Å². The van der Waals surface area contributed by atoms with Crippen molar-refractivity contribution in [1.82, 2.24) is 0 Å². The highest BCUT2D eigenvalue weighted by atomic mass is 16.4. The third kappa shape index (κ3) is 2.88. The molecule has 7 nitrogen and oxygen atoms in total. The molecule has 7 heteroatoms. The van der Waals surface area contributed by atoms with Gasteiger partial charge < -0.3 is 35.4 Å². The zero-order valence-corrected chi connectivity index (χ0v) is 9.39. The van der Waals surface area contributed by atoms with Crippen molar-refractivity contribution < 1.29 is 36.8 Å². The van der Waals surface area contributed by atoms with E-state index in [0.717, 1.165) is 12.2 Å². The van der Waals surface area contributed by atoms with Crippen LogP contribution in [0.5, 0.6) is 0 Å². The van der Waals surface area contributed by atoms with Crippen molar-refractivity contribution in [3.05, 3.63) is 23.7 Å². The van der Waals surface area contributed by atoms with Crippen molar-refractivity contribution in [2.24, 2.45) is 5.92 Å². The molecular formula is C11H16O7. The van der Waals surface area contributed by atoms with Crippen LogP contribution in [0.25, 0.3) is 0 Å². The molecule has 1 unspecified atom stereocenters. The lowest BCUT2D eigenvalue weighted by Gasteiger charge is -2.35. The summed E-state index contributed by atoms with van der Waals surface area (Å²) >= 11 is 0. The lowest BCUT2D eigenvalue weighted by atomic mass is 9.77. The van der Waals surface area contributed by atoms with E-state index < -0.39 is 54.5 Å². The molecule has 0 aromatic carbocycles. The number of aldehydes is 1. The molecule has 6 N–H and O–H groups in total. The summed E-state index contributed by atoms with van der Waals surface area (Å²) in [7, 11) is 0. The summed E-state index contributed by atoms with van der Waals surface area (Å²) in [5.41, 5.74) is -2.22. The number of carbonyl (C=O) groups excluding carboxylic acids is 1. The van der Waals surface area contributed by atoms with E-state index in [1.807, 2.05) is 0 Å². The first-order chi connectivity index (χ1) is 8.71. The molecule has 0 heterocycles. The molecule has 0 amide bonds. The van der Waals surface area contributed by atoms with Crippen LogP contribution in [0.15, 0.2) is 23.7 Å². The first-order valence-electron chi connectivity index (χ1n) is 5.72. The molecule has 0 aliphatic heterocycles. The van der Waals surface area contributed by atoms with Gasteiger partial charge in [-0.05, 0) is 6.08 Å². The Morgan fingerprint density at radius 2 is 2.11 bits per heavy atom. The Hall–Kier alpha value is -1.41. The first-order valence-corrected chi connectivity index (χ1v) is 5.22. The average Bonchev–Trinajstić information content (AvgIpc) is 2.24. The van der Waals surface area contributed by atoms with Crippen molar-refractivity contribution in [2.75, 3.05) is 6.61 Å². The van der Waals surface area contributed by atoms with Gasteiger partial charge in [-0.3, -0.25) is 0 Å². The Morgan fingerprint density at radius 3 is 2.56 bits per heavy atom. The van der Waals surface area contributed by atoms with E-state index in [1.54, 1.807) is 0 Å². The van der Waals surface area contributed by atoms with Crippen molar-refractivity contribution in [3.8, 4) is 0 Å². The number of allylic oxidation sites excluding steroid dienone is 1. The summed E-state index contributed by atoms with van der Waals surface area (Å²) in [6, 6.07) is 0. The quantitative estimate of drug-likeness (QED) is 0.332. The Balaban J connectivity index is 3.13. The second-order valence-corrected chi connectivity index (χ2v) is 4.21. The van der Waals surface area contributed by atoms with E-state index in [1.165, 1.54) is 0 Å². The third-order valence-corrected chi connectivity index (χ3v) is 2.76. The van der Waals surface area contributed by atoms with Gasteiger partial charge in [-0.1, -0.05) is 0 Å². The van der Waals surface area contributed by atoms with Gasteiger partial charge in [0.25, 0.3) is 0 Å². The van der Waals surface area contributed by atoms with Gasteiger partial charge in [0.2, 0.25) is 0 Å². The summed E-state index contributed by atoms with van der Waals surface area (Å²) in [4.78, 5) is 11.3. The SMILES string of the molecule is [2H]C(=O)[C@@H]([C@H](O)[C@H](O)CO)C1(O)C=C(O)C=C(O)C1. The van der Waals surface area contributed by atoms with Crippen LogP contribution in [-0.2, 0) is 4.79 Å². The number of hydrogen-bond acceptors (Lipinski definition) is 7. The van der Waals surface area contributed by atoms with E-state index in [0.29, 0.717) is 0 Å². The minimum absolute atomic E-state index is 0.445.